The third kappa shape index (κ3) is 7.61. The van der Waals surface area contributed by atoms with Gasteiger partial charge >= 0.3 is 7.82 Å². The summed E-state index contributed by atoms with van der Waals surface area (Å²) in [4.78, 5) is 31.3. The highest BCUT2D eigenvalue weighted by Crippen LogP contribution is 2.47. The van der Waals surface area contributed by atoms with Crippen LogP contribution in [0.5, 0.6) is 5.75 Å². The smallest absolute Gasteiger partial charge is 0.474 e. The molecule has 4 aromatic rings. The molecule has 0 aliphatic rings. The van der Waals surface area contributed by atoms with Gasteiger partial charge in [-0.1, -0.05) is 18.2 Å². The third-order valence-corrected chi connectivity index (χ3v) is 8.01. The number of carbonyl (C=O) groups excluding carboxylic acids is 1. The summed E-state index contributed by atoms with van der Waals surface area (Å²) in [5, 5.41) is 10.2. The third-order valence-electron chi connectivity index (χ3n) is 6.85. The first-order valence-corrected chi connectivity index (χ1v) is 15.4. The highest BCUT2D eigenvalue weighted by atomic mass is 31.2. The molecular weight excluding hydrogens is 581 g/mol. The standard InChI is InChI=1S/C32H36N5O6P/c1-7-42-44(39,40)43-22(2)37-21-30(24-11-8-10-23(14-24)19-33)29-17-26(20-34-32(29)37)25-15-27(18-28(16-25)41-6)36(5)31(38)12-9-13-35(3)4/h8-12,14-18,20-22H,7,13H2,1-6H3,(H,39,40). The van der Waals surface area contributed by atoms with Gasteiger partial charge in [0.1, 0.15) is 17.6 Å². The quantitative estimate of drug-likeness (QED) is 0.150. The molecule has 2 heterocycles. The molecule has 2 unspecified atom stereocenters. The van der Waals surface area contributed by atoms with Crippen molar-refractivity contribution in [2.24, 2.45) is 0 Å². The number of carbonyl (C=O) groups is 1. The molecule has 4 rings (SSSR count). The normalized spacial score (nSPS) is 13.6. The second-order valence-electron chi connectivity index (χ2n) is 10.3. The highest BCUT2D eigenvalue weighted by molar-refractivity contribution is 7.47. The first kappa shape index (κ1) is 32.6. The second kappa shape index (κ2) is 14.0. The van der Waals surface area contributed by atoms with Crippen LogP contribution in [0, 0.1) is 11.3 Å². The summed E-state index contributed by atoms with van der Waals surface area (Å²) in [5.74, 6) is 0.379. The zero-order valence-corrected chi connectivity index (χ0v) is 26.5. The molecule has 0 fully saturated rings. The summed E-state index contributed by atoms with van der Waals surface area (Å²) in [5.41, 5.74) is 4.62. The van der Waals surface area contributed by atoms with E-state index in [0.29, 0.717) is 29.2 Å². The van der Waals surface area contributed by atoms with Crippen molar-refractivity contribution in [2.75, 3.05) is 46.3 Å². The van der Waals surface area contributed by atoms with Gasteiger partial charge in [-0.2, -0.15) is 5.26 Å². The van der Waals surface area contributed by atoms with Crippen LogP contribution < -0.4 is 9.64 Å². The molecule has 0 aliphatic carbocycles. The number of pyridine rings is 1. The zero-order chi connectivity index (χ0) is 32.0. The Bertz CT molecular complexity index is 1780. The van der Waals surface area contributed by atoms with E-state index in [4.69, 9.17) is 18.8 Å². The van der Waals surface area contributed by atoms with Gasteiger partial charge in [0.2, 0.25) is 5.91 Å². The number of fused-ring (bicyclic) bond motifs is 1. The summed E-state index contributed by atoms with van der Waals surface area (Å²) in [6.07, 6.45) is 5.89. The number of aromatic nitrogens is 2. The monoisotopic (exact) mass is 617 g/mol. The lowest BCUT2D eigenvalue weighted by Crippen LogP contribution is -2.24. The van der Waals surface area contributed by atoms with Crippen LogP contribution >= 0.6 is 7.82 Å². The molecule has 0 bridgehead atoms. The molecule has 0 spiro atoms. The van der Waals surface area contributed by atoms with E-state index in [1.165, 1.54) is 6.08 Å². The van der Waals surface area contributed by atoms with Gasteiger partial charge in [0.05, 0.1) is 25.3 Å². The van der Waals surface area contributed by atoms with E-state index in [2.05, 4.69) is 6.07 Å². The number of amides is 1. The lowest BCUT2D eigenvalue weighted by Gasteiger charge is -2.19. The van der Waals surface area contributed by atoms with Crippen molar-refractivity contribution in [3.05, 3.63) is 78.6 Å². The maximum atomic E-state index is 12.9. The maximum Gasteiger partial charge on any atom is 0.474 e. The van der Waals surface area contributed by atoms with E-state index in [1.807, 2.05) is 43.3 Å². The van der Waals surface area contributed by atoms with Crippen LogP contribution in [0.1, 0.15) is 25.6 Å². The zero-order valence-electron chi connectivity index (χ0n) is 25.6. The van der Waals surface area contributed by atoms with Crippen LogP contribution in [0.4, 0.5) is 5.69 Å². The maximum absolute atomic E-state index is 12.9. The minimum absolute atomic E-state index is 0.0103. The summed E-state index contributed by atoms with van der Waals surface area (Å²) in [6, 6.07) is 16.8. The van der Waals surface area contributed by atoms with E-state index >= 15 is 0 Å². The number of nitriles is 1. The number of anilines is 1. The number of nitrogens with zero attached hydrogens (tertiary/aromatic N) is 5. The van der Waals surface area contributed by atoms with E-state index in [1.54, 1.807) is 80.2 Å². The van der Waals surface area contributed by atoms with Crippen LogP contribution in [0.15, 0.2) is 73.1 Å². The molecule has 0 saturated carbocycles. The molecule has 0 aliphatic heterocycles. The lowest BCUT2D eigenvalue weighted by atomic mass is 10.0. The van der Waals surface area contributed by atoms with Crippen LogP contribution in [-0.4, -0.2) is 66.7 Å². The number of hydrogen-bond donors (Lipinski definition) is 1. The van der Waals surface area contributed by atoms with E-state index in [-0.39, 0.29) is 12.5 Å². The molecule has 0 saturated heterocycles. The minimum atomic E-state index is -4.31. The second-order valence-corrected chi connectivity index (χ2v) is 11.7. The number of phosphoric acid groups is 1. The predicted molar refractivity (Wildman–Crippen MR) is 170 cm³/mol. The number of ether oxygens (including phenoxy) is 1. The van der Waals surface area contributed by atoms with Gasteiger partial charge in [0, 0.05) is 60.3 Å². The topological polar surface area (TPSA) is 130 Å². The van der Waals surface area contributed by atoms with Crippen LogP contribution in [0.2, 0.25) is 0 Å². The van der Waals surface area contributed by atoms with E-state index < -0.39 is 14.1 Å². The molecular formula is C32H36N5O6P. The molecule has 2 aromatic carbocycles. The Morgan fingerprint density at radius 1 is 1.16 bits per heavy atom. The first-order chi connectivity index (χ1) is 21.0. The lowest BCUT2D eigenvalue weighted by molar-refractivity contribution is -0.113. The average Bonchev–Trinajstić information content (AvgIpc) is 3.39. The number of methoxy groups -OCH3 is 1. The van der Waals surface area contributed by atoms with Crippen molar-refractivity contribution >= 4 is 30.5 Å². The van der Waals surface area contributed by atoms with Crippen LogP contribution in [-0.2, 0) is 18.4 Å². The van der Waals surface area contributed by atoms with Crippen molar-refractivity contribution in [3.63, 3.8) is 0 Å². The average molecular weight is 618 g/mol. The minimum Gasteiger partial charge on any atom is -0.497 e. The van der Waals surface area contributed by atoms with Gasteiger partial charge in [-0.3, -0.25) is 13.8 Å². The van der Waals surface area contributed by atoms with E-state index in [9.17, 15) is 19.5 Å². The number of rotatable bonds is 12. The Kier molecular flexibility index (Phi) is 10.4. The molecule has 1 amide bonds. The van der Waals surface area contributed by atoms with Crippen LogP contribution in [0.3, 0.4) is 0 Å². The Morgan fingerprint density at radius 2 is 1.93 bits per heavy atom. The molecule has 12 heteroatoms. The molecule has 2 atom stereocenters. The van der Waals surface area contributed by atoms with Crippen molar-refractivity contribution in [3.8, 4) is 34.1 Å². The van der Waals surface area contributed by atoms with Gasteiger partial charge in [-0.15, -0.1) is 0 Å². The molecule has 2 aromatic heterocycles. The van der Waals surface area contributed by atoms with Gasteiger partial charge in [0.25, 0.3) is 0 Å². The Hall–Kier alpha value is -4.30. The Balaban J connectivity index is 1.83. The highest BCUT2D eigenvalue weighted by Gasteiger charge is 2.27. The summed E-state index contributed by atoms with van der Waals surface area (Å²) in [6.45, 7) is 3.88. The fourth-order valence-corrected chi connectivity index (χ4v) is 5.53. The molecule has 0 radical (unpaired) electrons. The van der Waals surface area contributed by atoms with Crippen molar-refractivity contribution in [1.29, 1.82) is 5.26 Å². The van der Waals surface area contributed by atoms with Gasteiger partial charge in [-0.05, 0) is 69.4 Å². The van der Waals surface area contributed by atoms with Gasteiger partial charge in [0.15, 0.2) is 0 Å². The summed E-state index contributed by atoms with van der Waals surface area (Å²) >= 11 is 0. The number of hydrogen-bond acceptors (Lipinski definition) is 8. The largest absolute Gasteiger partial charge is 0.497 e. The Labute approximate surface area is 257 Å². The molecule has 1 N–H and O–H groups in total. The number of phosphoric ester groups is 1. The van der Waals surface area contributed by atoms with Gasteiger partial charge in [-0.25, -0.2) is 9.55 Å². The summed E-state index contributed by atoms with van der Waals surface area (Å²) < 4.78 is 30.0. The SMILES string of the molecule is CCOP(=O)(O)OC(C)n1cc(-c2cccc(C#N)c2)c2cc(-c3cc(OC)cc(N(C)C(=O)C=CCN(C)C)c3)cnc21. The predicted octanol–water partition coefficient (Wildman–Crippen LogP) is 6.00. The number of likely N-dealkylation sites (N-methyl/N-ethyl adjacent to an activating group) is 2. The summed E-state index contributed by atoms with van der Waals surface area (Å²) in [7, 11) is 2.80. The van der Waals surface area contributed by atoms with Crippen molar-refractivity contribution < 1.29 is 28.0 Å². The Morgan fingerprint density at radius 3 is 2.61 bits per heavy atom. The fraction of sp³-hybridized carbons (Fsp3) is 0.281. The number of benzene rings is 2. The molecule has 11 nitrogen and oxygen atoms in total. The van der Waals surface area contributed by atoms with Crippen molar-refractivity contribution in [2.45, 2.75) is 20.1 Å². The van der Waals surface area contributed by atoms with Gasteiger partial charge < -0.3 is 24.0 Å². The first-order valence-electron chi connectivity index (χ1n) is 13.9. The molecule has 230 valence electrons. The molecule has 44 heavy (non-hydrogen) atoms. The fourth-order valence-electron chi connectivity index (χ4n) is 4.65. The van der Waals surface area contributed by atoms with E-state index in [0.717, 1.165) is 27.6 Å². The van der Waals surface area contributed by atoms with Crippen LogP contribution in [0.25, 0.3) is 33.3 Å². The van der Waals surface area contributed by atoms with Crippen molar-refractivity contribution in [1.82, 2.24) is 14.5 Å².